The Labute approximate surface area is 165 Å². The number of aliphatic hydroxyl groups is 1. The van der Waals surface area contributed by atoms with Crippen LogP contribution in [0.2, 0.25) is 0 Å². The van der Waals surface area contributed by atoms with Gasteiger partial charge in [0.1, 0.15) is 0 Å². The molecule has 6 heteroatoms. The summed E-state index contributed by atoms with van der Waals surface area (Å²) in [7, 11) is 0. The van der Waals surface area contributed by atoms with E-state index in [1.54, 1.807) is 4.90 Å². The Balaban J connectivity index is 1.51. The number of aliphatic hydroxyl groups excluding tert-OH is 1. The molecule has 28 heavy (non-hydrogen) atoms. The molecule has 1 amide bonds. The summed E-state index contributed by atoms with van der Waals surface area (Å²) < 4.78 is 0. The van der Waals surface area contributed by atoms with Crippen molar-refractivity contribution in [3.8, 4) is 0 Å². The minimum Gasteiger partial charge on any atom is -0.391 e. The molecule has 1 aromatic carbocycles. The van der Waals surface area contributed by atoms with E-state index in [2.05, 4.69) is 41.2 Å². The highest BCUT2D eigenvalue weighted by Crippen LogP contribution is 2.29. The number of hydrogen-bond donors (Lipinski definition) is 3. The van der Waals surface area contributed by atoms with Gasteiger partial charge in [-0.15, -0.1) is 0 Å². The van der Waals surface area contributed by atoms with Gasteiger partial charge in [-0.2, -0.15) is 5.10 Å². The summed E-state index contributed by atoms with van der Waals surface area (Å²) in [5.41, 5.74) is 7.55. The molecule has 3 N–H and O–H groups in total. The number of rotatable bonds is 4. The van der Waals surface area contributed by atoms with E-state index in [-0.39, 0.29) is 11.8 Å². The Hall–Kier alpha value is -2.60. The molecule has 1 aliphatic rings. The zero-order valence-corrected chi connectivity index (χ0v) is 17.0. The molecule has 6 nitrogen and oxygen atoms in total. The molecule has 1 fully saturated rings. The predicted molar refractivity (Wildman–Crippen MR) is 109 cm³/mol. The van der Waals surface area contributed by atoms with Crippen LogP contribution >= 0.6 is 0 Å². The van der Waals surface area contributed by atoms with Gasteiger partial charge in [-0.1, -0.05) is 12.1 Å². The van der Waals surface area contributed by atoms with Gasteiger partial charge in [-0.3, -0.25) is 9.89 Å². The standard InChI is InChI=1S/C22H28N4O2/c1-12-5-6-13(2)22-21(12)18(15(4)23-22)9-20(28)26-10-16(19(27)11-26)8-17-7-14(3)24-25-17/h5-7,16,19,23,27H,8-11H2,1-4H3,(H,24,25)/t16-,19+/m1/s1. The predicted octanol–water partition coefficient (Wildman–Crippen LogP) is 2.73. The van der Waals surface area contributed by atoms with Gasteiger partial charge in [-0.25, -0.2) is 0 Å². The smallest absolute Gasteiger partial charge is 0.227 e. The monoisotopic (exact) mass is 380 g/mol. The van der Waals surface area contributed by atoms with E-state index in [1.165, 1.54) is 11.1 Å². The number of likely N-dealkylation sites (tertiary alicyclic amines) is 1. The van der Waals surface area contributed by atoms with E-state index in [9.17, 15) is 9.90 Å². The number of H-pyrrole nitrogens is 2. The van der Waals surface area contributed by atoms with Gasteiger partial charge in [0, 0.05) is 41.3 Å². The van der Waals surface area contributed by atoms with Crippen LogP contribution in [0.25, 0.3) is 10.9 Å². The van der Waals surface area contributed by atoms with Crippen LogP contribution in [-0.2, 0) is 17.6 Å². The molecular weight excluding hydrogens is 352 g/mol. The van der Waals surface area contributed by atoms with Crippen molar-refractivity contribution in [3.05, 3.63) is 52.0 Å². The van der Waals surface area contributed by atoms with Crippen molar-refractivity contribution in [1.29, 1.82) is 0 Å². The van der Waals surface area contributed by atoms with Gasteiger partial charge in [0.2, 0.25) is 5.91 Å². The highest BCUT2D eigenvalue weighted by Gasteiger charge is 2.34. The number of carbonyl (C=O) groups is 1. The lowest BCUT2D eigenvalue weighted by Gasteiger charge is -2.16. The maximum atomic E-state index is 13.0. The van der Waals surface area contributed by atoms with Gasteiger partial charge >= 0.3 is 0 Å². The van der Waals surface area contributed by atoms with Gasteiger partial charge in [0.15, 0.2) is 0 Å². The first-order valence-corrected chi connectivity index (χ1v) is 9.87. The molecule has 0 radical (unpaired) electrons. The van der Waals surface area contributed by atoms with Crippen molar-refractivity contribution in [2.75, 3.05) is 13.1 Å². The fourth-order valence-corrected chi connectivity index (χ4v) is 4.40. The van der Waals surface area contributed by atoms with E-state index in [4.69, 9.17) is 0 Å². The van der Waals surface area contributed by atoms with Crippen molar-refractivity contribution in [3.63, 3.8) is 0 Å². The van der Waals surface area contributed by atoms with Crippen molar-refractivity contribution >= 4 is 16.8 Å². The van der Waals surface area contributed by atoms with Crippen LogP contribution in [-0.4, -0.2) is 50.3 Å². The Morgan fingerprint density at radius 2 is 1.96 bits per heavy atom. The van der Waals surface area contributed by atoms with Crippen molar-refractivity contribution < 1.29 is 9.90 Å². The number of aromatic nitrogens is 3. The van der Waals surface area contributed by atoms with Crippen LogP contribution in [0.3, 0.4) is 0 Å². The average molecular weight is 380 g/mol. The first-order valence-electron chi connectivity index (χ1n) is 9.87. The normalized spacial score (nSPS) is 19.7. The van der Waals surface area contributed by atoms with E-state index in [0.717, 1.165) is 33.5 Å². The summed E-state index contributed by atoms with van der Waals surface area (Å²) in [6, 6.07) is 6.22. The van der Waals surface area contributed by atoms with Gasteiger partial charge in [-0.05, 0) is 56.9 Å². The van der Waals surface area contributed by atoms with E-state index < -0.39 is 6.10 Å². The maximum absolute atomic E-state index is 13.0. The number of benzene rings is 1. The van der Waals surface area contributed by atoms with Crippen molar-refractivity contribution in [1.82, 2.24) is 20.1 Å². The van der Waals surface area contributed by atoms with E-state index in [0.29, 0.717) is 25.9 Å². The lowest BCUT2D eigenvalue weighted by atomic mass is 10.00. The summed E-state index contributed by atoms with van der Waals surface area (Å²) in [4.78, 5) is 18.3. The Bertz CT molecular complexity index is 1030. The number of aryl methyl sites for hydroxylation is 4. The molecule has 3 heterocycles. The Morgan fingerprint density at radius 1 is 1.21 bits per heavy atom. The number of hydrogen-bond acceptors (Lipinski definition) is 3. The number of amides is 1. The highest BCUT2D eigenvalue weighted by molar-refractivity contribution is 5.94. The van der Waals surface area contributed by atoms with Crippen LogP contribution in [0.15, 0.2) is 18.2 Å². The molecule has 0 aliphatic carbocycles. The fourth-order valence-electron chi connectivity index (χ4n) is 4.40. The van der Waals surface area contributed by atoms with Gasteiger partial charge in [0.25, 0.3) is 0 Å². The molecule has 2 atom stereocenters. The average Bonchev–Trinajstić information content (AvgIpc) is 3.31. The second-order valence-corrected chi connectivity index (χ2v) is 8.23. The number of nitrogens with one attached hydrogen (secondary N) is 2. The zero-order valence-electron chi connectivity index (χ0n) is 17.0. The van der Waals surface area contributed by atoms with Crippen LogP contribution < -0.4 is 0 Å². The van der Waals surface area contributed by atoms with Crippen molar-refractivity contribution in [2.24, 2.45) is 5.92 Å². The maximum Gasteiger partial charge on any atom is 0.227 e. The minimum atomic E-state index is -0.506. The number of nitrogens with zero attached hydrogens (tertiary/aromatic N) is 2. The molecule has 1 saturated heterocycles. The van der Waals surface area contributed by atoms with Crippen LogP contribution in [0.5, 0.6) is 0 Å². The summed E-state index contributed by atoms with van der Waals surface area (Å²) in [6.45, 7) is 9.14. The molecule has 0 bridgehead atoms. The van der Waals surface area contributed by atoms with E-state index in [1.807, 2.05) is 19.9 Å². The quantitative estimate of drug-likeness (QED) is 0.651. The molecule has 3 aromatic rings. The molecule has 1 aliphatic heterocycles. The SMILES string of the molecule is Cc1cc(C[C@@H]2CN(C(=O)Cc3c(C)[nH]c4c(C)ccc(C)c34)C[C@@H]2O)n[nH]1. The number of fused-ring (bicyclic) bond motifs is 1. The summed E-state index contributed by atoms with van der Waals surface area (Å²) >= 11 is 0. The van der Waals surface area contributed by atoms with Crippen LogP contribution in [0.1, 0.15) is 33.8 Å². The van der Waals surface area contributed by atoms with Crippen LogP contribution in [0, 0.1) is 33.6 Å². The lowest BCUT2D eigenvalue weighted by Crippen LogP contribution is -2.31. The molecule has 2 aromatic heterocycles. The van der Waals surface area contributed by atoms with E-state index >= 15 is 0 Å². The molecule has 0 unspecified atom stereocenters. The molecule has 0 spiro atoms. The fraction of sp³-hybridized carbons (Fsp3) is 0.455. The second kappa shape index (κ2) is 7.09. The summed E-state index contributed by atoms with van der Waals surface area (Å²) in [6.07, 6.45) is 0.533. The first kappa shape index (κ1) is 18.7. The number of aromatic amines is 2. The zero-order chi connectivity index (χ0) is 20.0. The largest absolute Gasteiger partial charge is 0.391 e. The van der Waals surface area contributed by atoms with Gasteiger partial charge in [0.05, 0.1) is 18.2 Å². The summed E-state index contributed by atoms with van der Waals surface area (Å²) in [5, 5.41) is 18.8. The second-order valence-electron chi connectivity index (χ2n) is 8.23. The highest BCUT2D eigenvalue weighted by atomic mass is 16.3. The van der Waals surface area contributed by atoms with Crippen LogP contribution in [0.4, 0.5) is 0 Å². The van der Waals surface area contributed by atoms with Crippen molar-refractivity contribution in [2.45, 2.75) is 46.6 Å². The number of carbonyl (C=O) groups excluding carboxylic acids is 1. The molecule has 4 rings (SSSR count). The Kier molecular flexibility index (Phi) is 4.75. The molecular formula is C22H28N4O2. The molecule has 148 valence electrons. The summed E-state index contributed by atoms with van der Waals surface area (Å²) in [5.74, 6) is 0.101. The lowest BCUT2D eigenvalue weighted by molar-refractivity contribution is -0.129. The third kappa shape index (κ3) is 3.33. The van der Waals surface area contributed by atoms with Gasteiger partial charge < -0.3 is 15.0 Å². The molecule has 0 saturated carbocycles. The minimum absolute atomic E-state index is 0.0275. The first-order chi connectivity index (χ1) is 13.3. The third-order valence-electron chi connectivity index (χ3n) is 6.01. The topological polar surface area (TPSA) is 85.0 Å². The Morgan fingerprint density at radius 3 is 2.68 bits per heavy atom. The number of β-amino-alcohol motifs (C(OH)–C–C–N with tert-alkyl or cyclic N) is 1. The third-order valence-corrected chi connectivity index (χ3v) is 6.01.